The summed E-state index contributed by atoms with van der Waals surface area (Å²) in [4.78, 5) is 0. The first-order chi connectivity index (χ1) is 25.9. The van der Waals surface area contributed by atoms with Gasteiger partial charge in [-0.05, 0) is 114 Å². The molecule has 2 atom stereocenters. The molecule has 0 aliphatic rings. The molecule has 0 bridgehead atoms. The van der Waals surface area contributed by atoms with Crippen LogP contribution in [0.4, 0.5) is 17.6 Å². The normalized spacial score (nSPS) is 12.0. The number of phenols is 2. The Morgan fingerprint density at radius 1 is 0.483 bits per heavy atom. The Bertz CT molecular complexity index is 2250. The molecular formula is C47H54F4N2O4Zr. The van der Waals surface area contributed by atoms with Crippen LogP contribution in [0.1, 0.15) is 65.3 Å². The Morgan fingerprint density at radius 3 is 1.09 bits per heavy atom. The van der Waals surface area contributed by atoms with E-state index in [0.717, 1.165) is 45.0 Å². The van der Waals surface area contributed by atoms with Gasteiger partial charge in [0.2, 0.25) is 0 Å². The summed E-state index contributed by atoms with van der Waals surface area (Å²) in [6.07, 6.45) is -0.419. The van der Waals surface area contributed by atoms with E-state index in [4.69, 9.17) is 9.47 Å². The van der Waals surface area contributed by atoms with Crippen LogP contribution in [0.2, 0.25) is 0 Å². The maximum Gasteiger partial charge on any atom is 0.263 e. The van der Waals surface area contributed by atoms with Gasteiger partial charge in [-0.1, -0.05) is 0 Å². The van der Waals surface area contributed by atoms with Crippen LogP contribution >= 0.6 is 0 Å². The second kappa shape index (κ2) is 18.4. The van der Waals surface area contributed by atoms with Crippen molar-refractivity contribution in [3.63, 3.8) is 0 Å². The third kappa shape index (κ3) is 8.80. The minimum atomic E-state index is -0.600. The molecule has 0 unspecified atom stereocenters. The molecule has 0 radical (unpaired) electrons. The van der Waals surface area contributed by atoms with Gasteiger partial charge in [0.05, 0.1) is 22.5 Å². The number of hydrogen-bond acceptors (Lipinski definition) is 2. The van der Waals surface area contributed by atoms with Gasteiger partial charge in [0.15, 0.2) is 12.2 Å². The first-order valence-corrected chi connectivity index (χ1v) is 18.3. The SMILES string of the molecule is Cc1c(C)c(C)n(-c2cc(F)cc(-c3cc(F)ccc3[OH+][C@H](C)C[C@H](C)[OH+]c3ccc(F)cc3-c3cc(F)cc(-n4c(C)c(C)c(C)c4C)c3O)c2O)c1C.[CH3-].[CH3-].[Zr]. The molecule has 0 aliphatic heterocycles. The Balaban J connectivity index is 0.00000300. The molecule has 6 nitrogen and oxygen atoms in total. The fourth-order valence-corrected chi connectivity index (χ4v) is 7.65. The van der Waals surface area contributed by atoms with Gasteiger partial charge >= 0.3 is 0 Å². The number of aromatic hydroxyl groups is 4. The van der Waals surface area contributed by atoms with Crippen LogP contribution in [-0.2, 0) is 26.2 Å². The molecule has 308 valence electrons. The Morgan fingerprint density at radius 2 is 0.776 bits per heavy atom. The van der Waals surface area contributed by atoms with Crippen molar-refractivity contribution in [3.8, 4) is 56.6 Å². The zero-order chi connectivity index (χ0) is 40.2. The number of ether oxygens (including phenoxy) is 2. The van der Waals surface area contributed by atoms with Crippen LogP contribution in [-0.4, -0.2) is 41.0 Å². The number of aliphatic hydroxyl groups is 2. The van der Waals surface area contributed by atoms with Gasteiger partial charge in [-0.2, -0.15) is 0 Å². The average Bonchev–Trinajstić information content (AvgIpc) is 3.44. The molecule has 0 saturated heterocycles. The number of nitrogens with zero attached hydrogens (tertiary/aromatic N) is 2. The third-order valence-corrected chi connectivity index (χ3v) is 11.1. The first kappa shape index (κ1) is 47.6. The predicted octanol–water partition coefficient (Wildman–Crippen LogP) is 12.3. The van der Waals surface area contributed by atoms with Crippen molar-refractivity contribution in [2.45, 2.75) is 87.9 Å². The second-order valence-corrected chi connectivity index (χ2v) is 14.7. The van der Waals surface area contributed by atoms with E-state index < -0.39 is 35.5 Å². The third-order valence-electron chi connectivity index (χ3n) is 11.1. The molecule has 6 aromatic rings. The van der Waals surface area contributed by atoms with Gasteiger partial charge in [-0.15, -0.1) is 0 Å². The number of phenolic OH excluding ortho intramolecular Hbond substituents is 2. The fraction of sp³-hybridized carbons (Fsp3) is 0.277. The van der Waals surface area contributed by atoms with E-state index in [1.54, 1.807) is 9.13 Å². The maximum atomic E-state index is 15.3. The van der Waals surface area contributed by atoms with Crippen LogP contribution in [0.15, 0.2) is 60.7 Å². The maximum absolute atomic E-state index is 15.3. The molecular weight excluding hydrogens is 824 g/mol. The Kier molecular flexibility index (Phi) is 15.1. The van der Waals surface area contributed by atoms with Crippen molar-refractivity contribution >= 4 is 0 Å². The monoisotopic (exact) mass is 876 g/mol. The van der Waals surface area contributed by atoms with E-state index in [1.807, 2.05) is 69.2 Å². The number of rotatable bonds is 10. The van der Waals surface area contributed by atoms with E-state index in [1.165, 1.54) is 60.7 Å². The zero-order valence-corrected chi connectivity index (χ0v) is 37.8. The van der Waals surface area contributed by atoms with Gasteiger partial charge in [-0.25, -0.2) is 17.6 Å². The second-order valence-electron chi connectivity index (χ2n) is 14.7. The molecule has 4 N–H and O–H groups in total. The van der Waals surface area contributed by atoms with Gasteiger partial charge in [0, 0.05) is 98.2 Å². The summed E-state index contributed by atoms with van der Waals surface area (Å²) in [7, 11) is 0. The van der Waals surface area contributed by atoms with Crippen LogP contribution in [0.25, 0.3) is 33.6 Å². The molecule has 2 aromatic heterocycles. The summed E-state index contributed by atoms with van der Waals surface area (Å²) in [6.45, 7) is 19.2. The largest absolute Gasteiger partial charge is 0.580 e. The van der Waals surface area contributed by atoms with Gasteiger partial charge in [0.25, 0.3) is 11.5 Å². The molecule has 0 fully saturated rings. The zero-order valence-electron chi connectivity index (χ0n) is 35.3. The summed E-state index contributed by atoms with van der Waals surface area (Å²) in [5, 5.41) is 23.2. The molecule has 58 heavy (non-hydrogen) atoms. The van der Waals surface area contributed by atoms with Crippen LogP contribution < -0.4 is 0 Å². The van der Waals surface area contributed by atoms with Crippen molar-refractivity contribution in [2.75, 3.05) is 0 Å². The topological polar surface area (TPSA) is 75.9 Å². The number of hydrogen-bond donors (Lipinski definition) is 2. The molecule has 4 aromatic carbocycles. The summed E-state index contributed by atoms with van der Waals surface area (Å²) in [6, 6.07) is 12.8. The van der Waals surface area contributed by atoms with E-state index in [2.05, 4.69) is 0 Å². The van der Waals surface area contributed by atoms with Crippen molar-refractivity contribution in [1.29, 1.82) is 0 Å². The molecule has 0 aliphatic carbocycles. The standard InChI is InChI=1S/C45H46F4N2O4.2CH3.Zr/c1-22(54-42-13-11-32(46)16-36(42)38-18-34(48)20-40(44(38)52)50-28(7)24(3)25(4)29(50)8)15-23(2)55-43-14-12-33(47)17-37(43)39-19-35(49)21-41(45(39)53)51-30(9)26(5)27(6)31(51)10;;;/h11-14,16-23,52-53H,15H2,1-10H3;2*1H3;/q;2*-1;/p+2/t22-,23+;;;. The first-order valence-electron chi connectivity index (χ1n) is 18.3. The van der Waals surface area contributed by atoms with Crippen molar-refractivity contribution in [2.24, 2.45) is 0 Å². The Labute approximate surface area is 359 Å². The smallest absolute Gasteiger partial charge is 0.263 e. The van der Waals surface area contributed by atoms with Crippen molar-refractivity contribution in [1.82, 2.24) is 9.13 Å². The van der Waals surface area contributed by atoms with E-state index in [-0.39, 0.29) is 86.2 Å². The average molecular weight is 878 g/mol. The summed E-state index contributed by atoms with van der Waals surface area (Å²) in [5.74, 6) is -2.07. The molecule has 2 heterocycles. The van der Waals surface area contributed by atoms with Crippen molar-refractivity contribution in [3.05, 3.63) is 144 Å². The van der Waals surface area contributed by atoms with E-state index in [9.17, 15) is 19.0 Å². The van der Waals surface area contributed by atoms with Crippen LogP contribution in [0, 0.1) is 93.5 Å². The van der Waals surface area contributed by atoms with E-state index in [0.29, 0.717) is 17.9 Å². The molecule has 0 spiro atoms. The van der Waals surface area contributed by atoms with Gasteiger partial charge < -0.3 is 43.7 Å². The predicted molar refractivity (Wildman–Crippen MR) is 223 cm³/mol. The number of halogens is 4. The Hall–Kier alpha value is -4.76. The van der Waals surface area contributed by atoms with Gasteiger partial charge in [0.1, 0.15) is 41.2 Å². The quantitative estimate of drug-likeness (QED) is 0.0817. The van der Waals surface area contributed by atoms with Gasteiger partial charge in [-0.3, -0.25) is 0 Å². The number of benzene rings is 4. The van der Waals surface area contributed by atoms with Crippen LogP contribution in [0.5, 0.6) is 23.0 Å². The summed E-state index contributed by atoms with van der Waals surface area (Å²) in [5.41, 5.74) is 8.64. The molecule has 6 rings (SSSR count). The van der Waals surface area contributed by atoms with Crippen LogP contribution in [0.3, 0.4) is 0 Å². The molecule has 0 saturated carbocycles. The minimum Gasteiger partial charge on any atom is -0.580 e. The van der Waals surface area contributed by atoms with E-state index >= 15 is 8.78 Å². The minimum absolute atomic E-state index is 0. The number of aromatic nitrogens is 2. The summed E-state index contributed by atoms with van der Waals surface area (Å²) < 4.78 is 73.5. The fourth-order valence-electron chi connectivity index (χ4n) is 7.65. The molecule has 0 amide bonds. The summed E-state index contributed by atoms with van der Waals surface area (Å²) >= 11 is 0. The molecule has 11 heteroatoms. The van der Waals surface area contributed by atoms with Crippen molar-refractivity contribution < 1.29 is 63.5 Å².